The number of carbonyl (C=O) groups is 1. The number of carbonyl (C=O) groups excluding carboxylic acids is 1. The van der Waals surface area contributed by atoms with Gasteiger partial charge in [0.2, 0.25) is 5.91 Å². The summed E-state index contributed by atoms with van der Waals surface area (Å²) >= 11 is 3.23. The zero-order valence-electron chi connectivity index (χ0n) is 12.7. The first kappa shape index (κ1) is 16.5. The fourth-order valence-corrected chi connectivity index (χ4v) is 2.56. The second-order valence-electron chi connectivity index (χ2n) is 5.24. The predicted molar refractivity (Wildman–Crippen MR) is 90.8 cm³/mol. The van der Waals surface area contributed by atoms with Crippen LogP contribution in [-0.4, -0.2) is 22.8 Å². The number of amides is 1. The minimum atomic E-state index is -0.219. The lowest BCUT2D eigenvalue weighted by Crippen LogP contribution is -2.28. The Morgan fingerprint density at radius 1 is 1.18 bits per heavy atom. The molecule has 1 N–H and O–H groups in total. The van der Waals surface area contributed by atoms with E-state index in [0.29, 0.717) is 16.6 Å². The van der Waals surface area contributed by atoms with Crippen LogP contribution in [0.25, 0.3) is 0 Å². The van der Waals surface area contributed by atoms with Crippen molar-refractivity contribution >= 4 is 21.8 Å². The first-order chi connectivity index (χ1) is 10.5. The summed E-state index contributed by atoms with van der Waals surface area (Å²) in [6, 6.07) is 10.0. The van der Waals surface area contributed by atoms with Gasteiger partial charge in [-0.15, -0.1) is 0 Å². The number of likely N-dealkylation sites (N-methyl/N-ethyl adjacent to an activating group) is 1. The molecule has 1 aromatic heterocycles. The van der Waals surface area contributed by atoms with E-state index in [-0.39, 0.29) is 17.9 Å². The summed E-state index contributed by atoms with van der Waals surface area (Å²) in [5.74, 6) is -0.0223. The molecule has 0 aliphatic rings. The number of hydrogen-bond acceptors (Lipinski definition) is 2. The Morgan fingerprint density at radius 3 is 2.45 bits per heavy atom. The number of benzene rings is 1. The molecule has 5 heteroatoms. The van der Waals surface area contributed by atoms with E-state index in [9.17, 15) is 9.59 Å². The van der Waals surface area contributed by atoms with Gasteiger partial charge in [0.1, 0.15) is 0 Å². The van der Waals surface area contributed by atoms with Gasteiger partial charge in [-0.25, -0.2) is 0 Å². The quantitative estimate of drug-likeness (QED) is 0.888. The van der Waals surface area contributed by atoms with Crippen LogP contribution in [0.15, 0.2) is 45.8 Å². The molecule has 116 valence electrons. The lowest BCUT2D eigenvalue weighted by Gasteiger charge is -2.18. The van der Waals surface area contributed by atoms with E-state index in [2.05, 4.69) is 40.0 Å². The molecule has 1 heterocycles. The highest BCUT2D eigenvalue weighted by Crippen LogP contribution is 2.13. The van der Waals surface area contributed by atoms with E-state index < -0.39 is 0 Å². The van der Waals surface area contributed by atoms with Crippen molar-refractivity contribution in [2.75, 3.05) is 7.05 Å². The molecular formula is C17H19BrN2O2. The smallest absolute Gasteiger partial charge is 0.262 e. The average molecular weight is 363 g/mol. The number of hydrogen-bond donors (Lipinski definition) is 1. The molecule has 0 aliphatic carbocycles. The zero-order chi connectivity index (χ0) is 16.1. The Kier molecular flexibility index (Phi) is 5.55. The highest BCUT2D eigenvalue weighted by atomic mass is 79.9. The Bertz CT molecular complexity index is 707. The summed E-state index contributed by atoms with van der Waals surface area (Å²) in [4.78, 5) is 28.1. The van der Waals surface area contributed by atoms with Crippen LogP contribution in [0.4, 0.5) is 0 Å². The van der Waals surface area contributed by atoms with Crippen LogP contribution in [0.3, 0.4) is 0 Å². The minimum absolute atomic E-state index is 0.0223. The van der Waals surface area contributed by atoms with Crippen LogP contribution in [0.1, 0.15) is 23.6 Å². The number of nitrogens with zero attached hydrogens (tertiary/aromatic N) is 1. The van der Waals surface area contributed by atoms with E-state index >= 15 is 0 Å². The van der Waals surface area contributed by atoms with Gasteiger partial charge >= 0.3 is 0 Å². The highest BCUT2D eigenvalue weighted by molar-refractivity contribution is 9.10. The lowest BCUT2D eigenvalue weighted by molar-refractivity contribution is -0.129. The fraction of sp³-hybridized carbons (Fsp3) is 0.294. The average Bonchev–Trinajstić information content (AvgIpc) is 2.52. The summed E-state index contributed by atoms with van der Waals surface area (Å²) in [6.45, 7) is 2.67. The summed E-state index contributed by atoms with van der Waals surface area (Å²) in [5, 5.41) is 0. The SMILES string of the molecule is CCc1ccc(CN(C)C(=O)Cc2cc[nH]c(=O)c2Br)cc1. The molecule has 1 aromatic carbocycles. The molecule has 0 fully saturated rings. The molecule has 2 rings (SSSR count). The lowest BCUT2D eigenvalue weighted by atomic mass is 10.1. The number of aromatic nitrogens is 1. The number of aromatic amines is 1. The molecule has 0 spiro atoms. The molecule has 0 unspecified atom stereocenters. The van der Waals surface area contributed by atoms with Gasteiger partial charge in [0.15, 0.2) is 0 Å². The first-order valence-corrected chi connectivity index (χ1v) is 7.98. The van der Waals surface area contributed by atoms with Gasteiger partial charge in [-0.3, -0.25) is 9.59 Å². The number of nitrogens with one attached hydrogen (secondary N) is 1. The van der Waals surface area contributed by atoms with Gasteiger partial charge < -0.3 is 9.88 Å². The maximum absolute atomic E-state index is 12.3. The normalized spacial score (nSPS) is 10.5. The maximum atomic E-state index is 12.3. The van der Waals surface area contributed by atoms with Crippen LogP contribution in [0, 0.1) is 0 Å². The summed E-state index contributed by atoms with van der Waals surface area (Å²) in [5.41, 5.74) is 2.85. The fourth-order valence-electron chi connectivity index (χ4n) is 2.18. The molecule has 0 bridgehead atoms. The van der Waals surface area contributed by atoms with E-state index in [4.69, 9.17) is 0 Å². The van der Waals surface area contributed by atoms with Crippen LogP contribution >= 0.6 is 15.9 Å². The van der Waals surface area contributed by atoms with E-state index in [1.54, 1.807) is 24.2 Å². The van der Waals surface area contributed by atoms with Gasteiger partial charge in [0.25, 0.3) is 5.56 Å². The number of rotatable bonds is 5. The number of pyridine rings is 1. The van der Waals surface area contributed by atoms with Gasteiger partial charge in [-0.2, -0.15) is 0 Å². The topological polar surface area (TPSA) is 53.2 Å². The van der Waals surface area contributed by atoms with Crippen LogP contribution < -0.4 is 5.56 Å². The molecule has 0 saturated heterocycles. The summed E-state index contributed by atoms with van der Waals surface area (Å²) < 4.78 is 0.420. The summed E-state index contributed by atoms with van der Waals surface area (Å²) in [7, 11) is 1.77. The van der Waals surface area contributed by atoms with E-state index in [1.165, 1.54) is 5.56 Å². The molecule has 4 nitrogen and oxygen atoms in total. The summed E-state index contributed by atoms with van der Waals surface area (Å²) in [6.07, 6.45) is 2.76. The Balaban J connectivity index is 2.02. The number of halogens is 1. The monoisotopic (exact) mass is 362 g/mol. The van der Waals surface area contributed by atoms with Gasteiger partial charge in [0, 0.05) is 19.8 Å². The standard InChI is InChI=1S/C17H19BrN2O2/c1-3-12-4-6-13(7-5-12)11-20(2)15(21)10-14-8-9-19-17(22)16(14)18/h4-9H,3,10-11H2,1-2H3,(H,19,22). The van der Waals surface area contributed by atoms with Crippen molar-refractivity contribution < 1.29 is 4.79 Å². The first-order valence-electron chi connectivity index (χ1n) is 7.19. The van der Waals surface area contributed by atoms with Crippen molar-refractivity contribution in [3.05, 3.63) is 68.0 Å². The third kappa shape index (κ3) is 4.07. The van der Waals surface area contributed by atoms with Crippen molar-refractivity contribution in [2.24, 2.45) is 0 Å². The zero-order valence-corrected chi connectivity index (χ0v) is 14.3. The predicted octanol–water partition coefficient (Wildman–Crippen LogP) is 2.90. The Morgan fingerprint density at radius 2 is 1.82 bits per heavy atom. The second-order valence-corrected chi connectivity index (χ2v) is 6.04. The third-order valence-electron chi connectivity index (χ3n) is 3.60. The molecule has 1 amide bonds. The molecule has 0 atom stereocenters. The van der Waals surface area contributed by atoms with Crippen molar-refractivity contribution in [1.82, 2.24) is 9.88 Å². The number of aryl methyl sites for hydroxylation is 1. The van der Waals surface area contributed by atoms with Gasteiger partial charge in [-0.1, -0.05) is 31.2 Å². The minimum Gasteiger partial charge on any atom is -0.341 e. The highest BCUT2D eigenvalue weighted by Gasteiger charge is 2.13. The van der Waals surface area contributed by atoms with Crippen LogP contribution in [-0.2, 0) is 24.2 Å². The number of H-pyrrole nitrogens is 1. The molecule has 22 heavy (non-hydrogen) atoms. The van der Waals surface area contributed by atoms with Crippen molar-refractivity contribution in [2.45, 2.75) is 26.3 Å². The van der Waals surface area contributed by atoms with E-state index in [0.717, 1.165) is 12.0 Å². The van der Waals surface area contributed by atoms with Crippen molar-refractivity contribution in [3.8, 4) is 0 Å². The second kappa shape index (κ2) is 7.40. The molecule has 0 radical (unpaired) electrons. The molecule has 2 aromatic rings. The molecular weight excluding hydrogens is 344 g/mol. The van der Waals surface area contributed by atoms with E-state index in [1.807, 2.05) is 12.1 Å². The maximum Gasteiger partial charge on any atom is 0.262 e. The molecule has 0 saturated carbocycles. The Hall–Kier alpha value is -1.88. The van der Waals surface area contributed by atoms with Crippen LogP contribution in [0.2, 0.25) is 0 Å². The third-order valence-corrected chi connectivity index (χ3v) is 4.47. The van der Waals surface area contributed by atoms with Crippen LogP contribution in [0.5, 0.6) is 0 Å². The largest absolute Gasteiger partial charge is 0.341 e. The van der Waals surface area contributed by atoms with Crippen molar-refractivity contribution in [1.29, 1.82) is 0 Å². The Labute approximate surface area is 138 Å². The van der Waals surface area contributed by atoms with Crippen molar-refractivity contribution in [3.63, 3.8) is 0 Å². The van der Waals surface area contributed by atoms with Gasteiger partial charge in [0.05, 0.1) is 10.9 Å². The van der Waals surface area contributed by atoms with Gasteiger partial charge in [-0.05, 0) is 45.1 Å². The molecule has 0 aliphatic heterocycles.